The van der Waals surface area contributed by atoms with E-state index < -0.39 is 0 Å². The highest BCUT2D eigenvalue weighted by Crippen LogP contribution is 2.50. The number of anilines is 8. The van der Waals surface area contributed by atoms with E-state index in [0.717, 1.165) is 34.1 Å². The van der Waals surface area contributed by atoms with Crippen LogP contribution in [0.3, 0.4) is 0 Å². The largest absolute Gasteiger partial charge is 0.376 e. The molecule has 0 atom stereocenters. The average molecular weight is 962 g/mol. The van der Waals surface area contributed by atoms with Crippen molar-refractivity contribution in [2.24, 2.45) is 0 Å². The molecule has 0 saturated heterocycles. The Balaban J connectivity index is 1.07. The van der Waals surface area contributed by atoms with Gasteiger partial charge in [0.25, 0.3) is 0 Å². The van der Waals surface area contributed by atoms with E-state index in [9.17, 15) is 0 Å². The standard InChI is InChI=1S/C71H56BN3/c1-49-44-57(53-26-15-8-16-27-53)36-42-66(49)74-68-43-41-61(73(59-37-32-54(33-38-59)50-20-9-5-10-21-50)60-39-34-55(35-40-60)51-22-11-6-12-23-51)48-65(68)72-70-64(46-58(47-69(70)74)71(2,3)4)63-30-17-18-31-67(63)75(72)62-29-19-28-56(45-62)52-24-13-7-14-25-52/h5-48H,1-4H3. The van der Waals surface area contributed by atoms with Crippen LogP contribution in [0.5, 0.6) is 0 Å². The van der Waals surface area contributed by atoms with E-state index in [0.29, 0.717) is 0 Å². The first-order valence-electron chi connectivity index (χ1n) is 26.2. The van der Waals surface area contributed by atoms with E-state index in [2.05, 4.69) is 309 Å². The predicted molar refractivity (Wildman–Crippen MR) is 320 cm³/mol. The van der Waals surface area contributed by atoms with Gasteiger partial charge in [0.15, 0.2) is 0 Å². The fourth-order valence-electron chi connectivity index (χ4n) is 11.5. The van der Waals surface area contributed by atoms with Crippen molar-refractivity contribution < 1.29 is 0 Å². The van der Waals surface area contributed by atoms with E-state index in [1.54, 1.807) is 0 Å². The van der Waals surface area contributed by atoms with Gasteiger partial charge in [-0.15, -0.1) is 0 Å². The Bertz CT molecular complexity index is 3780. The van der Waals surface area contributed by atoms with E-state index in [1.165, 1.54) is 89.1 Å². The molecule has 0 unspecified atom stereocenters. The van der Waals surface area contributed by atoms with Gasteiger partial charge in [-0.05, 0) is 163 Å². The first kappa shape index (κ1) is 45.7. The van der Waals surface area contributed by atoms with Crippen LogP contribution in [0.15, 0.2) is 267 Å². The molecule has 0 aromatic heterocycles. The van der Waals surface area contributed by atoms with Gasteiger partial charge in [0.1, 0.15) is 0 Å². The molecular weight excluding hydrogens is 906 g/mol. The number of rotatable bonds is 9. The van der Waals surface area contributed by atoms with Crippen LogP contribution in [0.4, 0.5) is 45.5 Å². The van der Waals surface area contributed by atoms with Crippen LogP contribution in [-0.4, -0.2) is 6.85 Å². The third-order valence-electron chi connectivity index (χ3n) is 15.3. The molecule has 0 aliphatic carbocycles. The summed E-state index contributed by atoms with van der Waals surface area (Å²) in [5.41, 5.74) is 26.1. The monoisotopic (exact) mass is 961 g/mol. The first-order valence-corrected chi connectivity index (χ1v) is 26.2. The normalized spacial score (nSPS) is 12.5. The first-order chi connectivity index (χ1) is 36.7. The lowest BCUT2D eigenvalue weighted by molar-refractivity contribution is 0.590. The highest BCUT2D eigenvalue weighted by molar-refractivity contribution is 6.93. The molecule has 0 saturated carbocycles. The Labute approximate surface area is 442 Å². The fourth-order valence-corrected chi connectivity index (χ4v) is 11.5. The van der Waals surface area contributed by atoms with Gasteiger partial charge in [0, 0.05) is 51.1 Å². The Hall–Kier alpha value is -9.12. The van der Waals surface area contributed by atoms with E-state index in [1.807, 2.05) is 0 Å². The van der Waals surface area contributed by atoms with Crippen molar-refractivity contribution >= 4 is 63.3 Å². The zero-order valence-corrected chi connectivity index (χ0v) is 42.8. The number of hydrogen-bond acceptors (Lipinski definition) is 3. The summed E-state index contributed by atoms with van der Waals surface area (Å²) in [5.74, 6) is 0. The van der Waals surface area contributed by atoms with Gasteiger partial charge < -0.3 is 14.6 Å². The maximum absolute atomic E-state index is 2.63. The summed E-state index contributed by atoms with van der Waals surface area (Å²) in [6, 6.07) is 98.4. The molecule has 2 aliphatic heterocycles. The second-order valence-corrected chi connectivity index (χ2v) is 21.0. The number of fused-ring (bicyclic) bond motifs is 4. The summed E-state index contributed by atoms with van der Waals surface area (Å²) in [4.78, 5) is 7.64. The molecule has 358 valence electrons. The summed E-state index contributed by atoms with van der Waals surface area (Å²) in [5, 5.41) is 0. The van der Waals surface area contributed by atoms with Crippen LogP contribution < -0.4 is 25.5 Å². The number of aryl methyl sites for hydroxylation is 1. The van der Waals surface area contributed by atoms with Crippen LogP contribution in [0, 0.1) is 6.92 Å². The summed E-state index contributed by atoms with van der Waals surface area (Å²) >= 11 is 0. The molecule has 0 N–H and O–H groups in total. The van der Waals surface area contributed by atoms with Crippen LogP contribution in [-0.2, 0) is 5.41 Å². The van der Waals surface area contributed by atoms with Crippen molar-refractivity contribution in [3.05, 3.63) is 278 Å². The molecular formula is C71H56BN3. The minimum absolute atomic E-state index is 0.119. The Morgan fingerprint density at radius 1 is 0.347 bits per heavy atom. The van der Waals surface area contributed by atoms with Crippen molar-refractivity contribution in [2.75, 3.05) is 14.6 Å². The number of para-hydroxylation sites is 1. The van der Waals surface area contributed by atoms with Crippen molar-refractivity contribution in [3.8, 4) is 55.6 Å². The molecule has 3 nitrogen and oxygen atoms in total. The van der Waals surface area contributed by atoms with Gasteiger partial charge in [-0.1, -0.05) is 209 Å². The van der Waals surface area contributed by atoms with Gasteiger partial charge in [-0.3, -0.25) is 0 Å². The van der Waals surface area contributed by atoms with Crippen molar-refractivity contribution in [1.29, 1.82) is 0 Å². The van der Waals surface area contributed by atoms with Crippen LogP contribution in [0.25, 0.3) is 55.6 Å². The Morgan fingerprint density at radius 3 is 1.37 bits per heavy atom. The van der Waals surface area contributed by atoms with Crippen LogP contribution in [0.1, 0.15) is 31.9 Å². The molecule has 0 fully saturated rings. The maximum Gasteiger partial charge on any atom is 0.333 e. The van der Waals surface area contributed by atoms with Gasteiger partial charge in [0.05, 0.1) is 0 Å². The van der Waals surface area contributed by atoms with Crippen LogP contribution in [0.2, 0.25) is 0 Å². The number of nitrogens with zero attached hydrogens (tertiary/aromatic N) is 3. The second kappa shape index (κ2) is 18.7. The quantitative estimate of drug-likeness (QED) is 0.134. The average Bonchev–Trinajstić information content (AvgIpc) is 3.47. The SMILES string of the molecule is Cc1cc(-c2ccccc2)ccc1N1c2ccc(N(c3ccc(-c4ccccc4)cc3)c3ccc(-c4ccccc4)cc3)cc2B2c3c(cc(C(C)(C)C)cc31)-c1ccccc1N2c1cccc(-c2ccccc2)c1. The highest BCUT2D eigenvalue weighted by Gasteiger charge is 2.46. The van der Waals surface area contributed by atoms with Crippen molar-refractivity contribution in [3.63, 3.8) is 0 Å². The molecule has 11 aromatic rings. The molecule has 2 aliphatic rings. The van der Waals surface area contributed by atoms with Crippen molar-refractivity contribution in [2.45, 2.75) is 33.1 Å². The molecule has 0 bridgehead atoms. The minimum atomic E-state index is -0.192. The topological polar surface area (TPSA) is 9.72 Å². The zero-order chi connectivity index (χ0) is 50.6. The van der Waals surface area contributed by atoms with Crippen LogP contribution >= 0.6 is 0 Å². The van der Waals surface area contributed by atoms with Gasteiger partial charge in [-0.2, -0.15) is 0 Å². The minimum Gasteiger partial charge on any atom is -0.376 e. The fraction of sp³-hybridized carbons (Fsp3) is 0.0704. The summed E-state index contributed by atoms with van der Waals surface area (Å²) < 4.78 is 0. The highest BCUT2D eigenvalue weighted by atomic mass is 15.2. The molecule has 0 radical (unpaired) electrons. The van der Waals surface area contributed by atoms with E-state index in [4.69, 9.17) is 0 Å². The van der Waals surface area contributed by atoms with E-state index >= 15 is 0 Å². The summed E-state index contributed by atoms with van der Waals surface area (Å²) in [6.07, 6.45) is 0. The third-order valence-corrected chi connectivity index (χ3v) is 15.3. The maximum atomic E-state index is 2.63. The molecule has 2 heterocycles. The summed E-state index contributed by atoms with van der Waals surface area (Å²) in [7, 11) is 0. The smallest absolute Gasteiger partial charge is 0.333 e. The van der Waals surface area contributed by atoms with Gasteiger partial charge >= 0.3 is 6.85 Å². The molecule has 0 amide bonds. The van der Waals surface area contributed by atoms with E-state index in [-0.39, 0.29) is 12.3 Å². The number of hydrogen-bond donors (Lipinski definition) is 0. The zero-order valence-electron chi connectivity index (χ0n) is 42.8. The van der Waals surface area contributed by atoms with Gasteiger partial charge in [0.2, 0.25) is 0 Å². The molecule has 75 heavy (non-hydrogen) atoms. The van der Waals surface area contributed by atoms with Gasteiger partial charge in [-0.25, -0.2) is 0 Å². The molecule has 0 spiro atoms. The Kier molecular flexibility index (Phi) is 11.4. The lowest BCUT2D eigenvalue weighted by atomic mass is 9.43. The van der Waals surface area contributed by atoms with Crippen molar-refractivity contribution in [1.82, 2.24) is 0 Å². The molecule has 4 heteroatoms. The second-order valence-electron chi connectivity index (χ2n) is 21.0. The Morgan fingerprint density at radius 2 is 0.813 bits per heavy atom. The molecule has 11 aromatic carbocycles. The third kappa shape index (κ3) is 8.29. The lowest BCUT2D eigenvalue weighted by Gasteiger charge is -2.47. The molecule has 13 rings (SSSR count). The lowest BCUT2D eigenvalue weighted by Crippen LogP contribution is -2.61. The number of benzene rings is 11. The summed E-state index contributed by atoms with van der Waals surface area (Å²) in [6.45, 7) is 9.11. The predicted octanol–water partition coefficient (Wildman–Crippen LogP) is 18.1.